The lowest BCUT2D eigenvalue weighted by atomic mass is 10.1. The third-order valence-corrected chi connectivity index (χ3v) is 3.57. The Labute approximate surface area is 144 Å². The van der Waals surface area contributed by atoms with Gasteiger partial charge < -0.3 is 15.2 Å². The monoisotopic (exact) mass is 335 g/mol. The van der Waals surface area contributed by atoms with Gasteiger partial charge in [0.2, 0.25) is 5.76 Å². The van der Waals surface area contributed by atoms with Crippen LogP contribution in [0, 0.1) is 6.92 Å². The maximum Gasteiger partial charge on any atom is 0.294 e. The highest BCUT2D eigenvalue weighted by atomic mass is 16.5. The van der Waals surface area contributed by atoms with Crippen LogP contribution in [0.5, 0.6) is 0 Å². The van der Waals surface area contributed by atoms with Gasteiger partial charge in [-0.3, -0.25) is 9.59 Å². The smallest absolute Gasteiger partial charge is 0.294 e. The molecule has 0 saturated carbocycles. The zero-order valence-electron chi connectivity index (χ0n) is 13.7. The molecule has 0 fully saturated rings. The molecule has 0 atom stereocenters. The van der Waals surface area contributed by atoms with Crippen LogP contribution in [0.3, 0.4) is 0 Å². The lowest BCUT2D eigenvalue weighted by Gasteiger charge is -2.10. The van der Waals surface area contributed by atoms with Crippen LogP contribution in [0.1, 0.15) is 32.2 Å². The first kappa shape index (κ1) is 16.4. The molecule has 1 aromatic heterocycles. The highest BCUT2D eigenvalue weighted by Crippen LogP contribution is 2.17. The van der Waals surface area contributed by atoms with E-state index in [2.05, 4.69) is 15.8 Å². The van der Waals surface area contributed by atoms with Gasteiger partial charge in [-0.2, -0.15) is 0 Å². The van der Waals surface area contributed by atoms with Gasteiger partial charge in [-0.1, -0.05) is 47.6 Å². The Morgan fingerprint density at radius 1 is 1.00 bits per heavy atom. The molecular weight excluding hydrogens is 318 g/mol. The van der Waals surface area contributed by atoms with Crippen LogP contribution in [0.2, 0.25) is 0 Å². The summed E-state index contributed by atoms with van der Waals surface area (Å²) in [4.78, 5) is 24.7. The maximum atomic E-state index is 12.5. The second kappa shape index (κ2) is 7.44. The molecular formula is C19H17N3O3. The number of carbonyl (C=O) groups is 2. The largest absolute Gasteiger partial charge is 0.351 e. The molecule has 0 aliphatic rings. The summed E-state index contributed by atoms with van der Waals surface area (Å²) < 4.78 is 4.94. The number of aromatic nitrogens is 1. The minimum atomic E-state index is -0.455. The Bertz CT molecular complexity index is 888. The van der Waals surface area contributed by atoms with Crippen LogP contribution in [-0.2, 0) is 6.54 Å². The van der Waals surface area contributed by atoms with Crippen molar-refractivity contribution >= 4 is 17.5 Å². The van der Waals surface area contributed by atoms with Crippen molar-refractivity contribution in [2.24, 2.45) is 0 Å². The highest BCUT2D eigenvalue weighted by molar-refractivity contribution is 6.07. The molecule has 2 aromatic carbocycles. The Morgan fingerprint density at radius 3 is 2.44 bits per heavy atom. The molecule has 0 spiro atoms. The molecule has 0 aliphatic heterocycles. The van der Waals surface area contributed by atoms with Gasteiger partial charge in [-0.15, -0.1) is 0 Å². The summed E-state index contributed by atoms with van der Waals surface area (Å²) in [5.74, 6) is -0.630. The summed E-state index contributed by atoms with van der Waals surface area (Å²) in [6.45, 7) is 2.13. The predicted octanol–water partition coefficient (Wildman–Crippen LogP) is 3.17. The predicted molar refractivity (Wildman–Crippen MR) is 93.2 cm³/mol. The lowest BCUT2D eigenvalue weighted by Crippen LogP contribution is -2.24. The van der Waals surface area contributed by atoms with E-state index < -0.39 is 5.91 Å². The van der Waals surface area contributed by atoms with Gasteiger partial charge in [0.1, 0.15) is 0 Å². The van der Waals surface area contributed by atoms with E-state index in [1.807, 2.05) is 30.3 Å². The molecule has 25 heavy (non-hydrogen) atoms. The normalized spacial score (nSPS) is 10.3. The molecule has 1 heterocycles. The SMILES string of the molecule is Cc1cc(C(=O)Nc2ccccc2C(=O)NCc2ccccc2)on1. The van der Waals surface area contributed by atoms with E-state index in [-0.39, 0.29) is 11.7 Å². The Morgan fingerprint density at radius 2 is 1.72 bits per heavy atom. The van der Waals surface area contributed by atoms with E-state index in [0.29, 0.717) is 23.5 Å². The van der Waals surface area contributed by atoms with Crippen molar-refractivity contribution in [1.29, 1.82) is 0 Å². The van der Waals surface area contributed by atoms with Crippen molar-refractivity contribution in [3.63, 3.8) is 0 Å². The van der Waals surface area contributed by atoms with E-state index in [1.54, 1.807) is 31.2 Å². The zero-order valence-corrected chi connectivity index (χ0v) is 13.7. The second-order valence-corrected chi connectivity index (χ2v) is 5.50. The molecule has 0 saturated heterocycles. The topological polar surface area (TPSA) is 84.2 Å². The Kier molecular flexibility index (Phi) is 4.89. The number of hydrogen-bond donors (Lipinski definition) is 2. The number of nitrogens with zero attached hydrogens (tertiary/aromatic N) is 1. The summed E-state index contributed by atoms with van der Waals surface area (Å²) in [6, 6.07) is 17.9. The standard InChI is InChI=1S/C19H17N3O3/c1-13-11-17(25-22-13)19(24)21-16-10-6-5-9-15(16)18(23)20-12-14-7-3-2-4-8-14/h2-11H,12H2,1H3,(H,20,23)(H,21,24). The van der Waals surface area contributed by atoms with E-state index in [1.165, 1.54) is 6.07 Å². The molecule has 126 valence electrons. The van der Waals surface area contributed by atoms with E-state index in [0.717, 1.165) is 5.56 Å². The minimum absolute atomic E-state index is 0.0944. The number of nitrogens with one attached hydrogen (secondary N) is 2. The molecule has 2 amide bonds. The molecule has 6 heteroatoms. The summed E-state index contributed by atoms with van der Waals surface area (Å²) in [7, 11) is 0. The number of rotatable bonds is 5. The van der Waals surface area contributed by atoms with Crippen molar-refractivity contribution in [2.45, 2.75) is 13.5 Å². The molecule has 0 bridgehead atoms. The van der Waals surface area contributed by atoms with Gasteiger partial charge >= 0.3 is 0 Å². The average molecular weight is 335 g/mol. The van der Waals surface area contributed by atoms with Gasteiger partial charge in [-0.05, 0) is 24.6 Å². The fourth-order valence-electron chi connectivity index (χ4n) is 2.32. The first-order valence-corrected chi connectivity index (χ1v) is 7.79. The maximum absolute atomic E-state index is 12.5. The first-order valence-electron chi connectivity index (χ1n) is 7.79. The molecule has 0 aliphatic carbocycles. The van der Waals surface area contributed by atoms with Crippen LogP contribution in [0.25, 0.3) is 0 Å². The number of carbonyl (C=O) groups excluding carboxylic acids is 2. The lowest BCUT2D eigenvalue weighted by molar-refractivity contribution is 0.0952. The number of para-hydroxylation sites is 1. The van der Waals surface area contributed by atoms with E-state index in [4.69, 9.17) is 4.52 Å². The fraction of sp³-hybridized carbons (Fsp3) is 0.105. The van der Waals surface area contributed by atoms with Gasteiger partial charge in [-0.25, -0.2) is 0 Å². The fourth-order valence-corrected chi connectivity index (χ4v) is 2.32. The van der Waals surface area contributed by atoms with Crippen LogP contribution in [0.4, 0.5) is 5.69 Å². The molecule has 6 nitrogen and oxygen atoms in total. The molecule has 0 radical (unpaired) electrons. The summed E-state index contributed by atoms with van der Waals surface area (Å²) in [5, 5.41) is 9.22. The Balaban J connectivity index is 1.71. The van der Waals surface area contributed by atoms with Crippen LogP contribution in [0.15, 0.2) is 65.2 Å². The van der Waals surface area contributed by atoms with Gasteiger partial charge in [0.25, 0.3) is 11.8 Å². The molecule has 2 N–H and O–H groups in total. The zero-order chi connectivity index (χ0) is 17.6. The van der Waals surface area contributed by atoms with Gasteiger partial charge in [0, 0.05) is 12.6 Å². The first-order chi connectivity index (χ1) is 12.1. The third-order valence-electron chi connectivity index (χ3n) is 3.57. The van der Waals surface area contributed by atoms with Crippen molar-refractivity contribution in [3.8, 4) is 0 Å². The van der Waals surface area contributed by atoms with Crippen molar-refractivity contribution in [2.75, 3.05) is 5.32 Å². The number of amides is 2. The summed E-state index contributed by atoms with van der Waals surface area (Å²) in [5.41, 5.74) is 2.39. The van der Waals surface area contributed by atoms with Crippen molar-refractivity contribution in [3.05, 3.63) is 83.2 Å². The van der Waals surface area contributed by atoms with E-state index >= 15 is 0 Å². The minimum Gasteiger partial charge on any atom is -0.351 e. The van der Waals surface area contributed by atoms with Crippen LogP contribution >= 0.6 is 0 Å². The van der Waals surface area contributed by atoms with Gasteiger partial charge in [0.15, 0.2) is 0 Å². The third kappa shape index (κ3) is 4.11. The van der Waals surface area contributed by atoms with E-state index in [9.17, 15) is 9.59 Å². The molecule has 3 rings (SSSR count). The van der Waals surface area contributed by atoms with Gasteiger partial charge in [0.05, 0.1) is 16.9 Å². The number of hydrogen-bond acceptors (Lipinski definition) is 4. The van der Waals surface area contributed by atoms with Crippen LogP contribution in [-0.4, -0.2) is 17.0 Å². The Hall–Kier alpha value is -3.41. The molecule has 0 unspecified atom stereocenters. The quantitative estimate of drug-likeness (QED) is 0.750. The summed E-state index contributed by atoms with van der Waals surface area (Å²) in [6.07, 6.45) is 0. The average Bonchev–Trinajstić information content (AvgIpc) is 3.07. The second-order valence-electron chi connectivity index (χ2n) is 5.50. The number of aryl methyl sites for hydroxylation is 1. The molecule has 3 aromatic rings. The number of benzene rings is 2. The summed E-state index contributed by atoms with van der Waals surface area (Å²) >= 11 is 0. The number of anilines is 1. The van der Waals surface area contributed by atoms with Crippen molar-refractivity contribution in [1.82, 2.24) is 10.5 Å². The van der Waals surface area contributed by atoms with Crippen molar-refractivity contribution < 1.29 is 14.1 Å². The van der Waals surface area contributed by atoms with Crippen LogP contribution < -0.4 is 10.6 Å². The highest BCUT2D eigenvalue weighted by Gasteiger charge is 2.16.